The van der Waals surface area contributed by atoms with Crippen molar-refractivity contribution in [3.05, 3.63) is 0 Å². The van der Waals surface area contributed by atoms with E-state index in [1.165, 1.54) is 0 Å². The molecule has 0 aromatic rings. The minimum atomic E-state index is 0.235. The summed E-state index contributed by atoms with van der Waals surface area (Å²) in [6.07, 6.45) is 4.41. The van der Waals surface area contributed by atoms with E-state index in [4.69, 9.17) is 15.7 Å². The summed E-state index contributed by atoms with van der Waals surface area (Å²) in [6, 6.07) is 0.463. The molecule has 2 aliphatic rings. The van der Waals surface area contributed by atoms with Crippen LogP contribution in [0.5, 0.6) is 0 Å². The normalized spacial score (nSPS) is 32.9. The maximum Gasteiger partial charge on any atom is 0.139 e. The number of hydrogen-bond donors (Lipinski definition) is 3. The number of amidine groups is 1. The van der Waals surface area contributed by atoms with E-state index in [-0.39, 0.29) is 5.41 Å². The van der Waals surface area contributed by atoms with Crippen LogP contribution < -0.4 is 11.1 Å². The Bertz CT molecular complexity index is 276. The van der Waals surface area contributed by atoms with Gasteiger partial charge in [0.15, 0.2) is 0 Å². The maximum atomic E-state index is 8.57. The van der Waals surface area contributed by atoms with Crippen LogP contribution in [0.1, 0.15) is 32.6 Å². The first-order chi connectivity index (χ1) is 7.65. The Kier molecular flexibility index (Phi) is 3.35. The number of ether oxygens (including phenoxy) is 1. The van der Waals surface area contributed by atoms with E-state index in [1.807, 2.05) is 0 Å². The largest absolute Gasteiger partial charge is 0.409 e. The minimum absolute atomic E-state index is 0.235. The molecule has 2 rings (SSSR count). The molecule has 16 heavy (non-hydrogen) atoms. The van der Waals surface area contributed by atoms with Gasteiger partial charge >= 0.3 is 0 Å². The third-order valence-electron chi connectivity index (χ3n) is 3.76. The Labute approximate surface area is 96.0 Å². The fourth-order valence-corrected chi connectivity index (χ4v) is 2.36. The molecule has 2 atom stereocenters. The summed E-state index contributed by atoms with van der Waals surface area (Å²) in [6.45, 7) is 3.90. The van der Waals surface area contributed by atoms with Crippen LogP contribution in [0.2, 0.25) is 0 Å². The van der Waals surface area contributed by atoms with Crippen molar-refractivity contribution in [3.8, 4) is 0 Å². The van der Waals surface area contributed by atoms with E-state index >= 15 is 0 Å². The van der Waals surface area contributed by atoms with E-state index in [0.29, 0.717) is 24.4 Å². The molecule has 1 aliphatic heterocycles. The number of rotatable bonds is 5. The molecular formula is C11H21N3O2. The van der Waals surface area contributed by atoms with Gasteiger partial charge in [0.05, 0.1) is 6.10 Å². The summed E-state index contributed by atoms with van der Waals surface area (Å²) in [5.74, 6) is 0.343. The van der Waals surface area contributed by atoms with Gasteiger partial charge in [0.1, 0.15) is 5.84 Å². The predicted molar refractivity (Wildman–Crippen MR) is 61.5 cm³/mol. The van der Waals surface area contributed by atoms with E-state index in [1.54, 1.807) is 0 Å². The molecule has 0 spiro atoms. The second kappa shape index (κ2) is 4.59. The molecule has 1 aliphatic carbocycles. The summed E-state index contributed by atoms with van der Waals surface area (Å²) in [4.78, 5) is 0. The predicted octanol–water partition coefficient (Wildman–Crippen LogP) is 0.670. The molecule has 0 radical (unpaired) electrons. The highest BCUT2D eigenvalue weighted by Gasteiger charge is 2.43. The van der Waals surface area contributed by atoms with E-state index in [9.17, 15) is 0 Å². The van der Waals surface area contributed by atoms with Crippen molar-refractivity contribution in [2.75, 3.05) is 13.2 Å². The van der Waals surface area contributed by atoms with Crippen LogP contribution in [0.15, 0.2) is 5.16 Å². The highest BCUT2D eigenvalue weighted by Crippen LogP contribution is 2.48. The number of hydrogen-bond acceptors (Lipinski definition) is 4. The monoisotopic (exact) mass is 227 g/mol. The van der Waals surface area contributed by atoms with Gasteiger partial charge in [0, 0.05) is 25.6 Å². The van der Waals surface area contributed by atoms with Crippen LogP contribution in [0.4, 0.5) is 0 Å². The van der Waals surface area contributed by atoms with Crippen LogP contribution in [0.25, 0.3) is 0 Å². The second-order valence-corrected chi connectivity index (χ2v) is 5.12. The summed E-state index contributed by atoms with van der Waals surface area (Å²) in [7, 11) is 0. The average Bonchev–Trinajstić information content (AvgIpc) is 2.91. The first-order valence-electron chi connectivity index (χ1n) is 5.97. The Morgan fingerprint density at radius 1 is 1.62 bits per heavy atom. The first-order valence-corrected chi connectivity index (χ1v) is 5.97. The van der Waals surface area contributed by atoms with Crippen LogP contribution in [0.3, 0.4) is 0 Å². The SMILES string of the molecule is CC1OCCC1NCC1(CC(N)=NO)CC1. The number of oxime groups is 1. The number of nitrogens with zero attached hydrogens (tertiary/aromatic N) is 1. The lowest BCUT2D eigenvalue weighted by Gasteiger charge is -2.21. The van der Waals surface area contributed by atoms with Crippen LogP contribution >= 0.6 is 0 Å². The molecular weight excluding hydrogens is 206 g/mol. The lowest BCUT2D eigenvalue weighted by atomic mass is 10.0. The fraction of sp³-hybridized carbons (Fsp3) is 0.909. The van der Waals surface area contributed by atoms with Crippen molar-refractivity contribution < 1.29 is 9.94 Å². The van der Waals surface area contributed by atoms with Gasteiger partial charge in [-0.25, -0.2) is 0 Å². The Morgan fingerprint density at radius 2 is 2.38 bits per heavy atom. The van der Waals surface area contributed by atoms with Crippen molar-refractivity contribution in [3.63, 3.8) is 0 Å². The Morgan fingerprint density at radius 3 is 2.88 bits per heavy atom. The van der Waals surface area contributed by atoms with Crippen LogP contribution in [-0.2, 0) is 4.74 Å². The molecule has 5 nitrogen and oxygen atoms in total. The molecule has 1 saturated heterocycles. The van der Waals surface area contributed by atoms with Gasteiger partial charge in [-0.3, -0.25) is 0 Å². The summed E-state index contributed by atoms with van der Waals surface area (Å²) >= 11 is 0. The van der Waals surface area contributed by atoms with Crippen molar-refractivity contribution >= 4 is 5.84 Å². The zero-order valence-corrected chi connectivity index (χ0v) is 9.78. The quantitative estimate of drug-likeness (QED) is 0.279. The number of nitrogens with two attached hydrogens (primary N) is 1. The highest BCUT2D eigenvalue weighted by molar-refractivity contribution is 5.80. The maximum absolute atomic E-state index is 8.57. The third-order valence-corrected chi connectivity index (χ3v) is 3.76. The first kappa shape index (κ1) is 11.7. The lowest BCUT2D eigenvalue weighted by molar-refractivity contribution is 0.112. The molecule has 1 heterocycles. The zero-order valence-electron chi connectivity index (χ0n) is 9.78. The lowest BCUT2D eigenvalue weighted by Crippen LogP contribution is -2.39. The molecule has 0 aromatic heterocycles. The van der Waals surface area contributed by atoms with Crippen LogP contribution in [-0.4, -0.2) is 36.3 Å². The number of nitrogens with one attached hydrogen (secondary N) is 1. The summed E-state index contributed by atoms with van der Waals surface area (Å²) in [5, 5.41) is 15.2. The van der Waals surface area contributed by atoms with Crippen molar-refractivity contribution in [2.45, 2.75) is 44.8 Å². The topological polar surface area (TPSA) is 79.9 Å². The Hall–Kier alpha value is -0.810. The van der Waals surface area contributed by atoms with Gasteiger partial charge in [-0.1, -0.05) is 5.16 Å². The molecule has 0 bridgehead atoms. The highest BCUT2D eigenvalue weighted by atomic mass is 16.5. The summed E-state index contributed by atoms with van der Waals surface area (Å²) in [5.41, 5.74) is 5.79. The molecule has 4 N–H and O–H groups in total. The van der Waals surface area contributed by atoms with Crippen molar-refractivity contribution in [1.29, 1.82) is 0 Å². The van der Waals surface area contributed by atoms with Gasteiger partial charge in [-0.2, -0.15) is 0 Å². The van der Waals surface area contributed by atoms with Gasteiger partial charge in [0.25, 0.3) is 0 Å². The zero-order chi connectivity index (χ0) is 11.6. The standard InChI is InChI=1S/C11H21N3O2/c1-8-9(2-5-16-8)13-7-11(3-4-11)6-10(12)14-15/h8-9,13,15H,2-7H2,1H3,(H2,12,14). The van der Waals surface area contributed by atoms with Crippen molar-refractivity contribution in [1.82, 2.24) is 5.32 Å². The molecule has 1 saturated carbocycles. The van der Waals surface area contributed by atoms with Gasteiger partial charge in [-0.15, -0.1) is 0 Å². The average molecular weight is 227 g/mol. The van der Waals surface area contributed by atoms with Gasteiger partial charge < -0.3 is 21.0 Å². The summed E-state index contributed by atoms with van der Waals surface area (Å²) < 4.78 is 5.50. The van der Waals surface area contributed by atoms with Gasteiger partial charge in [0.2, 0.25) is 0 Å². The van der Waals surface area contributed by atoms with E-state index < -0.39 is 0 Å². The molecule has 0 aromatic carbocycles. The Balaban J connectivity index is 1.77. The molecule has 5 heteroatoms. The fourth-order valence-electron chi connectivity index (χ4n) is 2.36. The molecule has 2 unspecified atom stereocenters. The third kappa shape index (κ3) is 2.65. The second-order valence-electron chi connectivity index (χ2n) is 5.12. The molecule has 0 amide bonds. The minimum Gasteiger partial charge on any atom is -0.409 e. The van der Waals surface area contributed by atoms with Gasteiger partial charge in [-0.05, 0) is 31.6 Å². The smallest absolute Gasteiger partial charge is 0.139 e. The van der Waals surface area contributed by atoms with E-state index in [0.717, 1.165) is 32.4 Å². The van der Waals surface area contributed by atoms with E-state index in [2.05, 4.69) is 17.4 Å². The molecule has 92 valence electrons. The van der Waals surface area contributed by atoms with Crippen LogP contribution in [0, 0.1) is 5.41 Å². The van der Waals surface area contributed by atoms with Crippen molar-refractivity contribution in [2.24, 2.45) is 16.3 Å². The molecule has 2 fully saturated rings.